The Morgan fingerprint density at radius 1 is 1.10 bits per heavy atom. The van der Waals surface area contributed by atoms with Crippen LogP contribution in [0.4, 0.5) is 0 Å². The number of hydrazine groups is 1. The number of primary amides is 2. The summed E-state index contributed by atoms with van der Waals surface area (Å²) in [5, 5.41) is 0. The van der Waals surface area contributed by atoms with Gasteiger partial charge in [-0.3, -0.25) is 25.2 Å². The molecule has 0 radical (unpaired) electrons. The smallest absolute Gasteiger partial charge is 0.327 e. The second kappa shape index (κ2) is 6.78. The number of ether oxygens (including phenoxy) is 1. The lowest BCUT2D eigenvalue weighted by atomic mass is 10.2. The summed E-state index contributed by atoms with van der Waals surface area (Å²) in [4.78, 5) is 32.0. The monoisotopic (exact) mass is 278 g/mol. The SMILES string of the molecule is C=C(NNC(=O)C(N)=O)c1ccc(OCC(N)=O)cc1. The molecule has 8 heteroatoms. The van der Waals surface area contributed by atoms with Crippen molar-refractivity contribution in [1.29, 1.82) is 0 Å². The molecule has 0 bridgehead atoms. The first-order chi connectivity index (χ1) is 9.40. The number of benzene rings is 1. The second-order valence-corrected chi connectivity index (χ2v) is 3.70. The van der Waals surface area contributed by atoms with E-state index >= 15 is 0 Å². The van der Waals surface area contributed by atoms with Crippen LogP contribution in [0, 0.1) is 0 Å². The fourth-order valence-electron chi connectivity index (χ4n) is 1.17. The normalized spacial score (nSPS) is 9.40. The molecule has 6 N–H and O–H groups in total. The van der Waals surface area contributed by atoms with Gasteiger partial charge in [0.2, 0.25) is 0 Å². The Kier molecular flexibility index (Phi) is 5.10. The lowest BCUT2D eigenvalue weighted by Gasteiger charge is -2.10. The second-order valence-electron chi connectivity index (χ2n) is 3.70. The standard InChI is InChI=1S/C12H14N4O4/c1-7(15-16-12(19)11(14)18)8-2-4-9(5-3-8)20-6-10(13)17/h2-5,15H,1,6H2,(H2,13,17)(H2,14,18)(H,16,19). The molecule has 3 amide bonds. The number of nitrogens with two attached hydrogens (primary N) is 2. The molecular formula is C12H14N4O4. The summed E-state index contributed by atoms with van der Waals surface area (Å²) < 4.78 is 5.08. The van der Waals surface area contributed by atoms with Gasteiger partial charge in [-0.1, -0.05) is 6.58 Å². The minimum absolute atomic E-state index is 0.215. The average molecular weight is 278 g/mol. The highest BCUT2D eigenvalue weighted by atomic mass is 16.5. The van der Waals surface area contributed by atoms with E-state index in [-0.39, 0.29) is 6.61 Å². The van der Waals surface area contributed by atoms with Crippen molar-refractivity contribution in [1.82, 2.24) is 10.9 Å². The van der Waals surface area contributed by atoms with Gasteiger partial charge in [-0.2, -0.15) is 0 Å². The quantitative estimate of drug-likeness (QED) is 0.376. The van der Waals surface area contributed by atoms with Crippen molar-refractivity contribution in [2.24, 2.45) is 11.5 Å². The van der Waals surface area contributed by atoms with E-state index in [1.807, 2.05) is 0 Å². The van der Waals surface area contributed by atoms with Crippen LogP contribution in [0.15, 0.2) is 30.8 Å². The molecule has 0 fully saturated rings. The van der Waals surface area contributed by atoms with Gasteiger partial charge < -0.3 is 16.2 Å². The molecule has 1 aromatic carbocycles. The molecular weight excluding hydrogens is 264 g/mol. The van der Waals surface area contributed by atoms with Gasteiger partial charge in [-0.15, -0.1) is 0 Å². The molecule has 0 spiro atoms. The van der Waals surface area contributed by atoms with Gasteiger partial charge in [0.15, 0.2) is 6.61 Å². The first-order valence-corrected chi connectivity index (χ1v) is 5.46. The van der Waals surface area contributed by atoms with Gasteiger partial charge in [0, 0.05) is 0 Å². The van der Waals surface area contributed by atoms with Gasteiger partial charge in [0.25, 0.3) is 5.91 Å². The van der Waals surface area contributed by atoms with Gasteiger partial charge >= 0.3 is 11.8 Å². The van der Waals surface area contributed by atoms with E-state index in [2.05, 4.69) is 17.4 Å². The highest BCUT2D eigenvalue weighted by molar-refractivity contribution is 6.34. The third-order valence-electron chi connectivity index (χ3n) is 2.13. The van der Waals surface area contributed by atoms with Crippen LogP contribution in [0.25, 0.3) is 5.70 Å². The van der Waals surface area contributed by atoms with E-state index in [0.29, 0.717) is 17.0 Å². The largest absolute Gasteiger partial charge is 0.484 e. The van der Waals surface area contributed by atoms with Crippen LogP contribution >= 0.6 is 0 Å². The molecule has 0 atom stereocenters. The minimum atomic E-state index is -1.11. The Morgan fingerprint density at radius 2 is 1.70 bits per heavy atom. The highest BCUT2D eigenvalue weighted by Crippen LogP contribution is 2.15. The number of hydrogen-bond acceptors (Lipinski definition) is 5. The van der Waals surface area contributed by atoms with Gasteiger partial charge in [-0.05, 0) is 29.8 Å². The molecule has 0 saturated carbocycles. The Morgan fingerprint density at radius 3 is 2.20 bits per heavy atom. The lowest BCUT2D eigenvalue weighted by Crippen LogP contribution is -2.43. The van der Waals surface area contributed by atoms with E-state index < -0.39 is 17.7 Å². The van der Waals surface area contributed by atoms with Crippen LogP contribution < -0.4 is 27.1 Å². The number of hydrogen-bond donors (Lipinski definition) is 4. The van der Waals surface area contributed by atoms with Crippen molar-refractivity contribution in [3.63, 3.8) is 0 Å². The maximum Gasteiger partial charge on any atom is 0.327 e. The van der Waals surface area contributed by atoms with Crippen LogP contribution in [-0.4, -0.2) is 24.3 Å². The summed E-state index contributed by atoms with van der Waals surface area (Å²) >= 11 is 0. The molecule has 20 heavy (non-hydrogen) atoms. The predicted molar refractivity (Wildman–Crippen MR) is 70.6 cm³/mol. The average Bonchev–Trinajstić information content (AvgIpc) is 2.42. The van der Waals surface area contributed by atoms with Crippen LogP contribution in [0.5, 0.6) is 5.75 Å². The van der Waals surface area contributed by atoms with E-state index in [4.69, 9.17) is 16.2 Å². The molecule has 1 aromatic rings. The van der Waals surface area contributed by atoms with Crippen molar-refractivity contribution in [3.8, 4) is 5.75 Å². The minimum Gasteiger partial charge on any atom is -0.484 e. The molecule has 0 saturated heterocycles. The van der Waals surface area contributed by atoms with E-state index in [1.54, 1.807) is 24.3 Å². The highest BCUT2D eigenvalue weighted by Gasteiger charge is 2.08. The summed E-state index contributed by atoms with van der Waals surface area (Å²) in [6, 6.07) is 6.48. The predicted octanol–water partition coefficient (Wildman–Crippen LogP) is -1.37. The summed E-state index contributed by atoms with van der Waals surface area (Å²) in [6.07, 6.45) is 0. The first kappa shape index (κ1) is 15.0. The van der Waals surface area contributed by atoms with Crippen molar-refractivity contribution in [2.45, 2.75) is 0 Å². The van der Waals surface area contributed by atoms with Crippen molar-refractivity contribution in [3.05, 3.63) is 36.4 Å². The molecule has 1 rings (SSSR count). The number of amides is 3. The van der Waals surface area contributed by atoms with Crippen LogP contribution in [0.1, 0.15) is 5.56 Å². The zero-order valence-corrected chi connectivity index (χ0v) is 10.5. The van der Waals surface area contributed by atoms with Crippen LogP contribution in [0.3, 0.4) is 0 Å². The fraction of sp³-hybridized carbons (Fsp3) is 0.0833. The third kappa shape index (κ3) is 4.69. The molecule has 0 aromatic heterocycles. The maximum atomic E-state index is 10.9. The molecule has 0 aliphatic rings. The molecule has 0 aliphatic heterocycles. The van der Waals surface area contributed by atoms with Crippen LogP contribution in [0.2, 0.25) is 0 Å². The third-order valence-corrected chi connectivity index (χ3v) is 2.13. The van der Waals surface area contributed by atoms with Gasteiger partial charge in [0.1, 0.15) is 5.75 Å². The van der Waals surface area contributed by atoms with Gasteiger partial charge in [-0.25, -0.2) is 0 Å². The zero-order chi connectivity index (χ0) is 15.1. The number of rotatable bonds is 6. The maximum absolute atomic E-state index is 10.9. The van der Waals surface area contributed by atoms with Crippen molar-refractivity contribution >= 4 is 23.4 Å². The Bertz CT molecular complexity index is 539. The Hall–Kier alpha value is -3.03. The summed E-state index contributed by atoms with van der Waals surface area (Å²) in [6.45, 7) is 3.45. The first-order valence-electron chi connectivity index (χ1n) is 5.46. The van der Waals surface area contributed by atoms with E-state index in [0.717, 1.165) is 0 Å². The zero-order valence-electron chi connectivity index (χ0n) is 10.5. The number of nitrogens with one attached hydrogen (secondary N) is 2. The topological polar surface area (TPSA) is 137 Å². The summed E-state index contributed by atoms with van der Waals surface area (Å²) in [5.74, 6) is -2.20. The number of carbonyl (C=O) groups is 3. The lowest BCUT2D eigenvalue weighted by molar-refractivity contribution is -0.137. The van der Waals surface area contributed by atoms with E-state index in [1.165, 1.54) is 0 Å². The molecule has 8 nitrogen and oxygen atoms in total. The van der Waals surface area contributed by atoms with Gasteiger partial charge in [0.05, 0.1) is 5.70 Å². The molecule has 0 aliphatic carbocycles. The Balaban J connectivity index is 2.55. The summed E-state index contributed by atoms with van der Waals surface area (Å²) in [5.41, 5.74) is 15.2. The molecule has 106 valence electrons. The summed E-state index contributed by atoms with van der Waals surface area (Å²) in [7, 11) is 0. The fourth-order valence-corrected chi connectivity index (χ4v) is 1.17. The Labute approximate surface area is 114 Å². The van der Waals surface area contributed by atoms with E-state index in [9.17, 15) is 14.4 Å². The van der Waals surface area contributed by atoms with Crippen molar-refractivity contribution < 1.29 is 19.1 Å². The number of carbonyl (C=O) groups excluding carboxylic acids is 3. The van der Waals surface area contributed by atoms with Crippen LogP contribution in [-0.2, 0) is 14.4 Å². The van der Waals surface area contributed by atoms with Crippen molar-refractivity contribution in [2.75, 3.05) is 6.61 Å². The molecule has 0 heterocycles. The molecule has 0 unspecified atom stereocenters.